The molecule has 150 valence electrons. The Morgan fingerprint density at radius 2 is 1.83 bits per heavy atom. The number of anilines is 1. The van der Waals surface area contributed by atoms with Gasteiger partial charge in [0.05, 0.1) is 0 Å². The smallest absolute Gasteiger partial charge is 0.257 e. The molecule has 0 radical (unpaired) electrons. The van der Waals surface area contributed by atoms with Crippen LogP contribution >= 0.6 is 0 Å². The van der Waals surface area contributed by atoms with E-state index in [0.717, 1.165) is 5.56 Å². The Labute approximate surface area is 167 Å². The first-order chi connectivity index (χ1) is 14.1. The number of hydrogen-bond donors (Lipinski definition) is 2. The van der Waals surface area contributed by atoms with Gasteiger partial charge in [-0.15, -0.1) is 0 Å². The molecule has 0 aliphatic rings. The minimum atomic E-state index is -0.182. The molecular formula is C20H21N5O4. The van der Waals surface area contributed by atoms with Crippen LogP contribution in [0.4, 0.5) is 5.69 Å². The highest BCUT2D eigenvalue weighted by atomic mass is 16.5. The normalized spacial score (nSPS) is 10.4. The first kappa shape index (κ1) is 20.0. The fraction of sp³-hybridized carbons (Fsp3) is 0.250. The number of carbonyl (C=O) groups excluding carboxylic acids is 2. The van der Waals surface area contributed by atoms with E-state index < -0.39 is 0 Å². The fourth-order valence-corrected chi connectivity index (χ4v) is 2.45. The average molecular weight is 395 g/mol. The van der Waals surface area contributed by atoms with Crippen molar-refractivity contribution in [2.24, 2.45) is 0 Å². The van der Waals surface area contributed by atoms with Crippen LogP contribution in [0, 0.1) is 0 Å². The Bertz CT molecular complexity index is 941. The third-order valence-corrected chi connectivity index (χ3v) is 3.85. The summed E-state index contributed by atoms with van der Waals surface area (Å²) in [5.41, 5.74) is 1.43. The number of hydrogen-bond acceptors (Lipinski definition) is 7. The predicted molar refractivity (Wildman–Crippen MR) is 105 cm³/mol. The van der Waals surface area contributed by atoms with Crippen molar-refractivity contribution in [1.29, 1.82) is 0 Å². The lowest BCUT2D eigenvalue weighted by Gasteiger charge is -2.08. The van der Waals surface area contributed by atoms with E-state index in [-0.39, 0.29) is 24.8 Å². The van der Waals surface area contributed by atoms with Crippen LogP contribution in [0.5, 0.6) is 5.75 Å². The summed E-state index contributed by atoms with van der Waals surface area (Å²) >= 11 is 0. The Morgan fingerprint density at radius 1 is 1.07 bits per heavy atom. The molecule has 0 aliphatic carbocycles. The third kappa shape index (κ3) is 6.13. The van der Waals surface area contributed by atoms with Crippen LogP contribution in [0.3, 0.4) is 0 Å². The van der Waals surface area contributed by atoms with Crippen LogP contribution in [0.15, 0.2) is 53.3 Å². The first-order valence-corrected chi connectivity index (χ1v) is 9.16. The Balaban J connectivity index is 1.45. The van der Waals surface area contributed by atoms with Gasteiger partial charge in [-0.25, -0.2) is 0 Å². The van der Waals surface area contributed by atoms with E-state index in [9.17, 15) is 9.59 Å². The van der Waals surface area contributed by atoms with Gasteiger partial charge in [0.1, 0.15) is 5.75 Å². The van der Waals surface area contributed by atoms with Gasteiger partial charge in [0, 0.05) is 43.0 Å². The summed E-state index contributed by atoms with van der Waals surface area (Å²) in [5.74, 6) is 1.04. The van der Waals surface area contributed by atoms with Crippen molar-refractivity contribution >= 4 is 17.5 Å². The average Bonchev–Trinajstić information content (AvgIpc) is 3.22. The van der Waals surface area contributed by atoms with E-state index in [4.69, 9.17) is 9.26 Å². The van der Waals surface area contributed by atoms with Crippen LogP contribution in [0.1, 0.15) is 19.2 Å². The number of carbonyl (C=O) groups is 2. The van der Waals surface area contributed by atoms with E-state index in [1.165, 1.54) is 0 Å². The van der Waals surface area contributed by atoms with E-state index in [1.807, 2.05) is 6.92 Å². The maximum atomic E-state index is 12.1. The minimum Gasteiger partial charge on any atom is -0.484 e. The van der Waals surface area contributed by atoms with Crippen molar-refractivity contribution < 1.29 is 18.8 Å². The Kier molecular flexibility index (Phi) is 6.88. The van der Waals surface area contributed by atoms with E-state index >= 15 is 0 Å². The predicted octanol–water partition coefficient (Wildman–Crippen LogP) is 2.22. The SMILES string of the molecule is CCNC(=O)COc1ccc(NC(=O)CCc2nc(-c3ccncc3)no2)cc1. The number of aromatic nitrogens is 3. The summed E-state index contributed by atoms with van der Waals surface area (Å²) in [6, 6.07) is 10.4. The van der Waals surface area contributed by atoms with Gasteiger partial charge in [0.15, 0.2) is 6.61 Å². The first-order valence-electron chi connectivity index (χ1n) is 9.16. The maximum Gasteiger partial charge on any atom is 0.257 e. The second kappa shape index (κ2) is 9.98. The molecular weight excluding hydrogens is 374 g/mol. The maximum absolute atomic E-state index is 12.1. The number of nitrogens with one attached hydrogen (secondary N) is 2. The highest BCUT2D eigenvalue weighted by Crippen LogP contribution is 2.17. The molecule has 1 aromatic carbocycles. The zero-order valence-corrected chi connectivity index (χ0v) is 15.9. The summed E-state index contributed by atoms with van der Waals surface area (Å²) in [5, 5.41) is 9.35. The quantitative estimate of drug-likeness (QED) is 0.570. The summed E-state index contributed by atoms with van der Waals surface area (Å²) in [7, 11) is 0. The van der Waals surface area contributed by atoms with Crippen molar-refractivity contribution in [3.63, 3.8) is 0 Å². The summed E-state index contributed by atoms with van der Waals surface area (Å²) < 4.78 is 10.6. The molecule has 0 spiro atoms. The molecule has 2 heterocycles. The van der Waals surface area contributed by atoms with E-state index in [0.29, 0.717) is 36.1 Å². The lowest BCUT2D eigenvalue weighted by molar-refractivity contribution is -0.123. The van der Waals surface area contributed by atoms with Crippen molar-refractivity contribution in [1.82, 2.24) is 20.4 Å². The van der Waals surface area contributed by atoms with Crippen LogP contribution in [0.25, 0.3) is 11.4 Å². The molecule has 0 aliphatic heterocycles. The zero-order chi connectivity index (χ0) is 20.5. The number of aryl methyl sites for hydroxylation is 1. The molecule has 2 amide bonds. The van der Waals surface area contributed by atoms with Crippen LogP contribution < -0.4 is 15.4 Å². The van der Waals surface area contributed by atoms with Gasteiger partial charge in [0.2, 0.25) is 17.6 Å². The molecule has 3 aromatic rings. The molecule has 0 fully saturated rings. The van der Waals surface area contributed by atoms with Crippen molar-refractivity contribution in [3.05, 3.63) is 54.7 Å². The van der Waals surface area contributed by atoms with Crippen molar-refractivity contribution in [3.8, 4) is 17.1 Å². The number of rotatable bonds is 9. The lowest BCUT2D eigenvalue weighted by Crippen LogP contribution is -2.28. The van der Waals surface area contributed by atoms with E-state index in [1.54, 1.807) is 48.8 Å². The standard InChI is InChI=1S/C20H21N5O4/c1-2-22-18(27)13-28-16-5-3-15(4-6-16)23-17(26)7-8-19-24-20(25-29-19)14-9-11-21-12-10-14/h3-6,9-12H,2,7-8,13H2,1H3,(H,22,27)(H,23,26). The molecule has 0 atom stereocenters. The van der Waals surface area contributed by atoms with Gasteiger partial charge >= 0.3 is 0 Å². The molecule has 29 heavy (non-hydrogen) atoms. The number of benzene rings is 1. The topological polar surface area (TPSA) is 119 Å². The largest absolute Gasteiger partial charge is 0.484 e. The fourth-order valence-electron chi connectivity index (χ4n) is 2.45. The number of ether oxygens (including phenoxy) is 1. The van der Waals surface area contributed by atoms with Gasteiger partial charge in [-0.3, -0.25) is 14.6 Å². The molecule has 2 N–H and O–H groups in total. The second-order valence-electron chi connectivity index (χ2n) is 6.06. The highest BCUT2D eigenvalue weighted by Gasteiger charge is 2.11. The van der Waals surface area contributed by atoms with Crippen LogP contribution in [0.2, 0.25) is 0 Å². The van der Waals surface area contributed by atoms with Gasteiger partial charge in [-0.1, -0.05) is 5.16 Å². The Hall–Kier alpha value is -3.75. The van der Waals surface area contributed by atoms with Gasteiger partial charge in [-0.05, 0) is 43.3 Å². The molecule has 0 saturated carbocycles. The van der Waals surface area contributed by atoms with Gasteiger partial charge in [-0.2, -0.15) is 4.98 Å². The molecule has 2 aromatic heterocycles. The number of pyridine rings is 1. The molecule has 9 nitrogen and oxygen atoms in total. The van der Waals surface area contributed by atoms with Crippen LogP contribution in [-0.4, -0.2) is 40.1 Å². The molecule has 9 heteroatoms. The van der Waals surface area contributed by atoms with Crippen molar-refractivity contribution in [2.75, 3.05) is 18.5 Å². The summed E-state index contributed by atoms with van der Waals surface area (Å²) in [6.45, 7) is 2.35. The van der Waals surface area contributed by atoms with Gasteiger partial charge < -0.3 is 19.9 Å². The molecule has 0 saturated heterocycles. The number of likely N-dealkylation sites (N-methyl/N-ethyl adjacent to an activating group) is 1. The Morgan fingerprint density at radius 3 is 2.55 bits per heavy atom. The monoisotopic (exact) mass is 395 g/mol. The molecule has 3 rings (SSSR count). The van der Waals surface area contributed by atoms with Gasteiger partial charge in [0.25, 0.3) is 5.91 Å². The number of amides is 2. The summed E-state index contributed by atoms with van der Waals surface area (Å²) in [6.07, 6.45) is 3.83. The zero-order valence-electron chi connectivity index (χ0n) is 15.9. The highest BCUT2D eigenvalue weighted by molar-refractivity contribution is 5.90. The minimum absolute atomic E-state index is 0.0504. The van der Waals surface area contributed by atoms with Crippen molar-refractivity contribution in [2.45, 2.75) is 19.8 Å². The summed E-state index contributed by atoms with van der Waals surface area (Å²) in [4.78, 5) is 31.8. The number of nitrogens with zero attached hydrogens (tertiary/aromatic N) is 3. The molecule has 0 unspecified atom stereocenters. The van der Waals surface area contributed by atoms with E-state index in [2.05, 4.69) is 25.8 Å². The lowest BCUT2D eigenvalue weighted by atomic mass is 10.2. The second-order valence-corrected chi connectivity index (χ2v) is 6.06. The van der Waals surface area contributed by atoms with Crippen LogP contribution in [-0.2, 0) is 16.0 Å². The third-order valence-electron chi connectivity index (χ3n) is 3.85. The molecule has 0 bridgehead atoms.